The number of hydrogen-bond acceptors (Lipinski definition) is 4. The predicted molar refractivity (Wildman–Crippen MR) is 80.4 cm³/mol. The molecule has 0 saturated heterocycles. The molecule has 0 saturated carbocycles. The Morgan fingerprint density at radius 1 is 1.40 bits per heavy atom. The first kappa shape index (κ1) is 14.9. The maximum atomic E-state index is 11.5. The number of nitrogens with zero attached hydrogens (tertiary/aromatic N) is 1. The van der Waals surface area contributed by atoms with E-state index < -0.39 is 11.9 Å². The highest BCUT2D eigenvalue weighted by atomic mass is 79.9. The van der Waals surface area contributed by atoms with E-state index in [-0.39, 0.29) is 12.1 Å². The molecule has 0 unspecified atom stereocenters. The Hall–Kier alpha value is -1.47. The third-order valence-corrected chi connectivity index (χ3v) is 3.94. The number of halogens is 2. The van der Waals surface area contributed by atoms with Crippen molar-refractivity contribution in [2.24, 2.45) is 4.99 Å². The Morgan fingerprint density at radius 2 is 2.00 bits per heavy atom. The van der Waals surface area contributed by atoms with Gasteiger partial charge in [-0.3, -0.25) is 4.79 Å². The standard InChI is InChI=1S/C13H9Br2NO4/c1-6-16-11(13(19)20-6)4-7-2-9(14)8(5-12(17)18)10(15)3-7/h2-4H,5H2,1H3,(H,17,18). The van der Waals surface area contributed by atoms with Crippen LogP contribution in [-0.4, -0.2) is 22.9 Å². The fraction of sp³-hybridized carbons (Fsp3) is 0.154. The highest BCUT2D eigenvalue weighted by Gasteiger charge is 2.20. The van der Waals surface area contributed by atoms with Crippen molar-refractivity contribution in [3.8, 4) is 0 Å². The van der Waals surface area contributed by atoms with E-state index in [0.29, 0.717) is 26.0 Å². The normalized spacial score (nSPS) is 16.2. The van der Waals surface area contributed by atoms with Gasteiger partial charge >= 0.3 is 11.9 Å². The second kappa shape index (κ2) is 5.88. The van der Waals surface area contributed by atoms with Gasteiger partial charge in [-0.25, -0.2) is 9.79 Å². The summed E-state index contributed by atoms with van der Waals surface area (Å²) in [5.74, 6) is -1.11. The van der Waals surface area contributed by atoms with E-state index in [2.05, 4.69) is 36.9 Å². The fourth-order valence-electron chi connectivity index (χ4n) is 1.70. The topological polar surface area (TPSA) is 76.0 Å². The number of rotatable bonds is 3. The van der Waals surface area contributed by atoms with Crippen LogP contribution in [0.25, 0.3) is 6.08 Å². The van der Waals surface area contributed by atoms with Gasteiger partial charge in [0.25, 0.3) is 0 Å². The lowest BCUT2D eigenvalue weighted by Crippen LogP contribution is -2.02. The highest BCUT2D eigenvalue weighted by Crippen LogP contribution is 2.29. The summed E-state index contributed by atoms with van der Waals surface area (Å²) in [4.78, 5) is 26.2. The molecule has 1 aliphatic heterocycles. The lowest BCUT2D eigenvalue weighted by molar-refractivity contribution is -0.136. The number of cyclic esters (lactones) is 1. The van der Waals surface area contributed by atoms with E-state index >= 15 is 0 Å². The van der Waals surface area contributed by atoms with Crippen molar-refractivity contribution in [3.63, 3.8) is 0 Å². The van der Waals surface area contributed by atoms with E-state index in [4.69, 9.17) is 9.84 Å². The summed E-state index contributed by atoms with van der Waals surface area (Å²) in [6.07, 6.45) is 1.48. The van der Waals surface area contributed by atoms with Crippen LogP contribution in [0.5, 0.6) is 0 Å². The average Bonchev–Trinajstić information content (AvgIpc) is 2.62. The molecule has 1 aliphatic rings. The van der Waals surface area contributed by atoms with Gasteiger partial charge in [0.05, 0.1) is 6.42 Å². The lowest BCUT2D eigenvalue weighted by atomic mass is 10.1. The number of aliphatic imine (C=N–C) groups is 1. The minimum Gasteiger partial charge on any atom is -0.481 e. The van der Waals surface area contributed by atoms with Crippen molar-refractivity contribution < 1.29 is 19.4 Å². The van der Waals surface area contributed by atoms with E-state index in [1.54, 1.807) is 25.1 Å². The first-order valence-corrected chi connectivity index (χ1v) is 7.14. The third-order valence-electron chi connectivity index (χ3n) is 2.52. The molecule has 0 amide bonds. The van der Waals surface area contributed by atoms with Crippen molar-refractivity contribution in [2.45, 2.75) is 13.3 Å². The van der Waals surface area contributed by atoms with Crippen molar-refractivity contribution in [2.75, 3.05) is 0 Å². The fourth-order valence-corrected chi connectivity index (χ4v) is 3.20. The summed E-state index contributed by atoms with van der Waals surface area (Å²) in [5.41, 5.74) is 1.56. The van der Waals surface area contributed by atoms with Crippen LogP contribution in [0.1, 0.15) is 18.1 Å². The van der Waals surface area contributed by atoms with Gasteiger partial charge in [0.2, 0.25) is 0 Å². The Balaban J connectivity index is 2.38. The zero-order valence-electron chi connectivity index (χ0n) is 10.3. The van der Waals surface area contributed by atoms with Crippen LogP contribution < -0.4 is 0 Å². The molecule has 0 aliphatic carbocycles. The lowest BCUT2D eigenvalue weighted by Gasteiger charge is -2.06. The van der Waals surface area contributed by atoms with E-state index in [1.807, 2.05) is 0 Å². The average molecular weight is 403 g/mol. The van der Waals surface area contributed by atoms with Crippen LogP contribution in [0.4, 0.5) is 0 Å². The quantitative estimate of drug-likeness (QED) is 0.622. The Kier molecular flexibility index (Phi) is 4.39. The second-order valence-electron chi connectivity index (χ2n) is 4.08. The Labute approximate surface area is 131 Å². The highest BCUT2D eigenvalue weighted by molar-refractivity contribution is 9.11. The van der Waals surface area contributed by atoms with Gasteiger partial charge in [-0.15, -0.1) is 0 Å². The molecule has 1 aromatic rings. The van der Waals surface area contributed by atoms with Crippen LogP contribution in [0.15, 0.2) is 31.8 Å². The summed E-state index contributed by atoms with van der Waals surface area (Å²) in [6.45, 7) is 1.60. The van der Waals surface area contributed by atoms with Gasteiger partial charge in [0.15, 0.2) is 11.6 Å². The summed E-state index contributed by atoms with van der Waals surface area (Å²) >= 11 is 6.66. The molecule has 5 nitrogen and oxygen atoms in total. The molecular formula is C13H9Br2NO4. The monoisotopic (exact) mass is 401 g/mol. The number of benzene rings is 1. The van der Waals surface area contributed by atoms with Gasteiger partial charge < -0.3 is 9.84 Å². The number of hydrogen-bond donors (Lipinski definition) is 1. The van der Waals surface area contributed by atoms with Gasteiger partial charge in [-0.1, -0.05) is 31.9 Å². The smallest absolute Gasteiger partial charge is 0.363 e. The summed E-state index contributed by atoms with van der Waals surface area (Å²) < 4.78 is 6.12. The number of carbonyl (C=O) groups is 2. The minimum atomic E-state index is -0.919. The molecule has 0 fully saturated rings. The van der Waals surface area contributed by atoms with Gasteiger partial charge in [-0.2, -0.15) is 0 Å². The molecule has 1 aromatic carbocycles. The summed E-state index contributed by atoms with van der Waals surface area (Å²) in [5, 5.41) is 8.85. The van der Waals surface area contributed by atoms with Crippen molar-refractivity contribution in [3.05, 3.63) is 37.9 Å². The molecule has 0 aromatic heterocycles. The predicted octanol–water partition coefficient (Wildman–Crippen LogP) is 3.15. The maximum absolute atomic E-state index is 11.5. The van der Waals surface area contributed by atoms with E-state index in [9.17, 15) is 9.59 Å². The van der Waals surface area contributed by atoms with Gasteiger partial charge in [0, 0.05) is 15.9 Å². The van der Waals surface area contributed by atoms with Crippen LogP contribution >= 0.6 is 31.9 Å². The van der Waals surface area contributed by atoms with E-state index in [1.165, 1.54) is 0 Å². The number of ether oxygens (including phenoxy) is 1. The van der Waals surface area contributed by atoms with Crippen molar-refractivity contribution >= 4 is 55.8 Å². The molecule has 0 bridgehead atoms. The summed E-state index contributed by atoms with van der Waals surface area (Å²) in [7, 11) is 0. The molecule has 1 heterocycles. The zero-order valence-corrected chi connectivity index (χ0v) is 13.5. The third kappa shape index (κ3) is 3.34. The van der Waals surface area contributed by atoms with Gasteiger partial charge in [0.1, 0.15) is 0 Å². The Morgan fingerprint density at radius 3 is 2.45 bits per heavy atom. The molecule has 7 heteroatoms. The molecular weight excluding hydrogens is 394 g/mol. The molecule has 0 spiro atoms. The first-order chi connectivity index (χ1) is 9.36. The number of esters is 1. The van der Waals surface area contributed by atoms with Gasteiger partial charge in [-0.05, 0) is 29.3 Å². The minimum absolute atomic E-state index is 0.0999. The van der Waals surface area contributed by atoms with Crippen LogP contribution in [0.3, 0.4) is 0 Å². The molecule has 2 rings (SSSR count). The van der Waals surface area contributed by atoms with Crippen molar-refractivity contribution in [1.29, 1.82) is 0 Å². The van der Waals surface area contributed by atoms with Crippen LogP contribution in [-0.2, 0) is 20.7 Å². The maximum Gasteiger partial charge on any atom is 0.363 e. The SMILES string of the molecule is CC1=NC(=Cc2cc(Br)c(CC(=O)O)c(Br)c2)C(=O)O1. The largest absolute Gasteiger partial charge is 0.481 e. The molecule has 20 heavy (non-hydrogen) atoms. The molecule has 0 atom stereocenters. The van der Waals surface area contributed by atoms with Crippen molar-refractivity contribution in [1.82, 2.24) is 0 Å². The Bertz CT molecular complexity index is 641. The molecule has 0 radical (unpaired) electrons. The summed E-state index contributed by atoms with van der Waals surface area (Å²) in [6, 6.07) is 3.46. The number of aliphatic carboxylic acids is 1. The van der Waals surface area contributed by atoms with Crippen LogP contribution in [0.2, 0.25) is 0 Å². The second-order valence-corrected chi connectivity index (χ2v) is 5.79. The number of carboxylic acids is 1. The molecule has 1 N–H and O–H groups in total. The van der Waals surface area contributed by atoms with E-state index in [0.717, 1.165) is 0 Å². The zero-order chi connectivity index (χ0) is 14.9. The first-order valence-electron chi connectivity index (χ1n) is 5.55. The molecule has 104 valence electrons. The van der Waals surface area contributed by atoms with Crippen LogP contribution in [0, 0.1) is 0 Å². The number of carbonyl (C=O) groups excluding carboxylic acids is 1. The number of carboxylic acid groups (broad SMARTS) is 1.